The number of ether oxygens (including phenoxy) is 1. The minimum atomic E-state index is 0.290. The molecule has 2 aliphatic carbocycles. The van der Waals surface area contributed by atoms with Crippen molar-refractivity contribution in [2.75, 3.05) is 20.2 Å². The van der Waals surface area contributed by atoms with Crippen molar-refractivity contribution in [2.24, 2.45) is 11.8 Å². The fraction of sp³-hybridized carbons (Fsp3) is 0.438. The van der Waals surface area contributed by atoms with E-state index in [0.29, 0.717) is 11.8 Å². The van der Waals surface area contributed by atoms with E-state index < -0.39 is 0 Å². The third kappa shape index (κ3) is 2.25. The molecule has 3 rings (SSSR count). The Kier molecular flexibility index (Phi) is 3.28. The van der Waals surface area contributed by atoms with Crippen LogP contribution in [0.25, 0.3) is 0 Å². The van der Waals surface area contributed by atoms with Crippen LogP contribution in [0, 0.1) is 17.2 Å². The highest BCUT2D eigenvalue weighted by atomic mass is 16.5. The van der Waals surface area contributed by atoms with Crippen molar-refractivity contribution < 1.29 is 4.74 Å². The molecule has 1 N–H and O–H groups in total. The molecule has 0 aromatic heterocycles. The van der Waals surface area contributed by atoms with Crippen molar-refractivity contribution in [2.45, 2.75) is 12.8 Å². The van der Waals surface area contributed by atoms with Crippen LogP contribution in [0.1, 0.15) is 12.8 Å². The van der Waals surface area contributed by atoms with Gasteiger partial charge in [-0.15, -0.1) is 0 Å². The molecule has 0 saturated carbocycles. The summed E-state index contributed by atoms with van der Waals surface area (Å²) in [5.41, 5.74) is 3.02. The second kappa shape index (κ2) is 5.08. The molecular formula is C16H20N2O. The van der Waals surface area contributed by atoms with E-state index in [1.54, 1.807) is 12.7 Å². The highest BCUT2D eigenvalue weighted by molar-refractivity contribution is 5.70. The van der Waals surface area contributed by atoms with Crippen molar-refractivity contribution in [3.63, 3.8) is 0 Å². The lowest BCUT2D eigenvalue weighted by molar-refractivity contribution is 0.256. The molecule has 100 valence electrons. The fourth-order valence-electron chi connectivity index (χ4n) is 3.28. The number of methoxy groups -OCH3 is 1. The first-order chi connectivity index (χ1) is 9.29. The number of rotatable bonds is 0. The van der Waals surface area contributed by atoms with Crippen LogP contribution < -0.4 is 0 Å². The third-order valence-corrected chi connectivity index (χ3v) is 4.26. The molecule has 19 heavy (non-hydrogen) atoms. The molecule has 0 radical (unpaired) electrons. The van der Waals surface area contributed by atoms with Gasteiger partial charge in [0.25, 0.3) is 6.02 Å². The summed E-state index contributed by atoms with van der Waals surface area (Å²) in [5.74, 6) is 0.920. The zero-order valence-electron chi connectivity index (χ0n) is 11.3. The van der Waals surface area contributed by atoms with E-state index in [-0.39, 0.29) is 6.02 Å². The third-order valence-electron chi connectivity index (χ3n) is 4.26. The Morgan fingerprint density at radius 3 is 3.05 bits per heavy atom. The zero-order chi connectivity index (χ0) is 13.2. The van der Waals surface area contributed by atoms with Crippen molar-refractivity contribution in [3.8, 4) is 0 Å². The van der Waals surface area contributed by atoms with Crippen molar-refractivity contribution >= 4 is 6.02 Å². The van der Waals surface area contributed by atoms with Gasteiger partial charge in [-0.3, -0.25) is 5.41 Å². The van der Waals surface area contributed by atoms with Crippen LogP contribution >= 0.6 is 0 Å². The van der Waals surface area contributed by atoms with Crippen molar-refractivity contribution in [1.82, 2.24) is 4.90 Å². The van der Waals surface area contributed by atoms with Crippen molar-refractivity contribution in [1.29, 1.82) is 5.41 Å². The minimum Gasteiger partial charge on any atom is -0.469 e. The Labute approximate surface area is 114 Å². The van der Waals surface area contributed by atoms with Gasteiger partial charge in [0.15, 0.2) is 0 Å². The lowest BCUT2D eigenvalue weighted by Crippen LogP contribution is -2.37. The van der Waals surface area contributed by atoms with E-state index in [0.717, 1.165) is 25.9 Å². The van der Waals surface area contributed by atoms with Gasteiger partial charge in [-0.05, 0) is 18.4 Å². The van der Waals surface area contributed by atoms with E-state index in [9.17, 15) is 0 Å². The summed E-state index contributed by atoms with van der Waals surface area (Å²) in [5, 5.41) is 7.97. The number of fused-ring (bicyclic) bond motifs is 2. The quantitative estimate of drug-likeness (QED) is 0.411. The van der Waals surface area contributed by atoms with Gasteiger partial charge in [0.1, 0.15) is 0 Å². The molecular weight excluding hydrogens is 236 g/mol. The number of hydrogen-bond acceptors (Lipinski definition) is 2. The highest BCUT2D eigenvalue weighted by Gasteiger charge is 2.31. The van der Waals surface area contributed by atoms with Crippen LogP contribution in [0.15, 0.2) is 47.6 Å². The average molecular weight is 256 g/mol. The first kappa shape index (κ1) is 12.3. The molecule has 1 heterocycles. The smallest absolute Gasteiger partial charge is 0.284 e. The van der Waals surface area contributed by atoms with Crippen LogP contribution in [0.5, 0.6) is 0 Å². The van der Waals surface area contributed by atoms with E-state index in [1.807, 2.05) is 0 Å². The molecule has 3 heteroatoms. The lowest BCUT2D eigenvalue weighted by atomic mass is 9.81. The maximum atomic E-state index is 7.97. The Bertz CT molecular complexity index is 499. The standard InChI is InChI=1S/C16H20N2O/c1-19-16(17)18-10-12-6-2-4-8-14(12)15-9-5-3-7-13(15)11-18/h2-6,8,12-13,17H,7,9-11H2,1H3. The molecule has 0 aromatic rings. The molecule has 2 atom stereocenters. The average Bonchev–Trinajstić information content (AvgIpc) is 2.63. The topological polar surface area (TPSA) is 36.3 Å². The van der Waals surface area contributed by atoms with Gasteiger partial charge in [0.05, 0.1) is 7.11 Å². The molecule has 0 bridgehead atoms. The van der Waals surface area contributed by atoms with Gasteiger partial charge in [0.2, 0.25) is 0 Å². The minimum absolute atomic E-state index is 0.290. The summed E-state index contributed by atoms with van der Waals surface area (Å²) in [4.78, 5) is 2.07. The summed E-state index contributed by atoms with van der Waals surface area (Å²) in [7, 11) is 1.58. The Morgan fingerprint density at radius 1 is 1.32 bits per heavy atom. The van der Waals surface area contributed by atoms with Gasteiger partial charge in [-0.1, -0.05) is 42.0 Å². The first-order valence-corrected chi connectivity index (χ1v) is 6.90. The van der Waals surface area contributed by atoms with E-state index in [4.69, 9.17) is 10.1 Å². The van der Waals surface area contributed by atoms with Gasteiger partial charge in [-0.25, -0.2) is 0 Å². The van der Waals surface area contributed by atoms with Crippen LogP contribution in [-0.2, 0) is 4.74 Å². The molecule has 0 spiro atoms. The second-order valence-corrected chi connectivity index (χ2v) is 5.35. The molecule has 1 aliphatic heterocycles. The molecule has 0 fully saturated rings. The normalized spacial score (nSPS) is 28.8. The molecule has 3 aliphatic rings. The van der Waals surface area contributed by atoms with E-state index >= 15 is 0 Å². The fourth-order valence-corrected chi connectivity index (χ4v) is 3.28. The van der Waals surface area contributed by atoms with Crippen LogP contribution in [-0.4, -0.2) is 31.1 Å². The van der Waals surface area contributed by atoms with Gasteiger partial charge >= 0.3 is 0 Å². The zero-order valence-corrected chi connectivity index (χ0v) is 11.3. The van der Waals surface area contributed by atoms with Crippen LogP contribution in [0.4, 0.5) is 0 Å². The Hall–Kier alpha value is -1.77. The van der Waals surface area contributed by atoms with Gasteiger partial charge < -0.3 is 9.64 Å². The monoisotopic (exact) mass is 256 g/mol. The summed E-state index contributed by atoms with van der Waals surface area (Å²) in [6, 6.07) is 0.290. The van der Waals surface area contributed by atoms with Gasteiger partial charge in [0, 0.05) is 24.9 Å². The summed E-state index contributed by atoms with van der Waals surface area (Å²) >= 11 is 0. The highest BCUT2D eigenvalue weighted by Crippen LogP contribution is 2.36. The van der Waals surface area contributed by atoms with Crippen LogP contribution in [0.3, 0.4) is 0 Å². The van der Waals surface area contributed by atoms with E-state index in [2.05, 4.69) is 41.4 Å². The molecule has 0 amide bonds. The number of nitrogens with one attached hydrogen (secondary N) is 1. The number of amidine groups is 1. The number of hydrogen-bond donors (Lipinski definition) is 1. The Morgan fingerprint density at radius 2 is 2.21 bits per heavy atom. The maximum absolute atomic E-state index is 7.97. The first-order valence-electron chi connectivity index (χ1n) is 6.90. The summed E-state index contributed by atoms with van der Waals surface area (Å²) in [6.45, 7) is 1.75. The predicted molar refractivity (Wildman–Crippen MR) is 77.0 cm³/mol. The van der Waals surface area contributed by atoms with Crippen LogP contribution in [0.2, 0.25) is 0 Å². The van der Waals surface area contributed by atoms with Crippen molar-refractivity contribution in [3.05, 3.63) is 47.6 Å². The molecule has 0 saturated heterocycles. The molecule has 2 unspecified atom stereocenters. The largest absolute Gasteiger partial charge is 0.469 e. The lowest BCUT2D eigenvalue weighted by Gasteiger charge is -2.28. The second-order valence-electron chi connectivity index (χ2n) is 5.35. The number of allylic oxidation sites excluding steroid dienone is 5. The Balaban J connectivity index is 1.97. The molecule has 0 aromatic carbocycles. The summed E-state index contributed by atoms with van der Waals surface area (Å²) < 4.78 is 5.14. The number of nitrogens with zero attached hydrogens (tertiary/aromatic N) is 1. The predicted octanol–water partition coefficient (Wildman–Crippen LogP) is 2.89. The van der Waals surface area contributed by atoms with E-state index in [1.165, 1.54) is 5.57 Å². The van der Waals surface area contributed by atoms with Gasteiger partial charge in [-0.2, -0.15) is 0 Å². The molecule has 3 nitrogen and oxygen atoms in total. The SMILES string of the molecule is COC(=N)N1CC2C=CC=CC2=C2CC=CCC2C1. The maximum Gasteiger partial charge on any atom is 0.284 e. The summed E-state index contributed by atoms with van der Waals surface area (Å²) in [6.07, 6.45) is 15.4.